The average Bonchev–Trinajstić information content (AvgIpc) is 3.05. The van der Waals surface area contributed by atoms with Gasteiger partial charge in [0.25, 0.3) is 0 Å². The maximum absolute atomic E-state index is 12.2. The number of hydrogen-bond donors (Lipinski definition) is 2. The molecule has 132 valence electrons. The Bertz CT molecular complexity index is 647. The number of benzene rings is 1. The molecule has 2 aromatic rings. The van der Waals surface area contributed by atoms with E-state index in [1.165, 1.54) is 11.0 Å². The van der Waals surface area contributed by atoms with Crippen LogP contribution >= 0.6 is 36.4 Å². The summed E-state index contributed by atoms with van der Waals surface area (Å²) in [4.78, 5) is 14.3. The lowest BCUT2D eigenvalue weighted by Gasteiger charge is -2.26. The van der Waals surface area contributed by atoms with Gasteiger partial charge in [-0.25, -0.2) is 4.68 Å². The molecule has 2 heterocycles. The lowest BCUT2D eigenvalue weighted by molar-refractivity contribution is -0.117. The first-order chi connectivity index (χ1) is 10.7. The van der Waals surface area contributed by atoms with Gasteiger partial charge in [-0.05, 0) is 28.6 Å². The first-order valence-corrected chi connectivity index (χ1v) is 7.36. The summed E-state index contributed by atoms with van der Waals surface area (Å²) in [5, 5.41) is 17.6. The van der Waals surface area contributed by atoms with E-state index in [4.69, 9.17) is 11.6 Å². The monoisotopic (exact) mass is 393 g/mol. The van der Waals surface area contributed by atoms with Gasteiger partial charge in [0.2, 0.25) is 5.91 Å². The summed E-state index contributed by atoms with van der Waals surface area (Å²) in [6.07, 6.45) is 1.48. The van der Waals surface area contributed by atoms with Gasteiger partial charge in [-0.3, -0.25) is 9.69 Å². The molecule has 3 rings (SSSR count). The molecule has 1 aromatic heterocycles. The van der Waals surface area contributed by atoms with Gasteiger partial charge >= 0.3 is 0 Å². The van der Waals surface area contributed by atoms with Gasteiger partial charge in [0, 0.05) is 26.2 Å². The largest absolute Gasteiger partial charge is 0.324 e. The topological polar surface area (TPSA) is 88.0 Å². The third-order valence-electron chi connectivity index (χ3n) is 3.41. The van der Waals surface area contributed by atoms with Gasteiger partial charge in [0.05, 0.1) is 22.9 Å². The fraction of sp³-hybridized carbons (Fsp3) is 0.385. The molecule has 2 N–H and O–H groups in total. The lowest BCUT2D eigenvalue weighted by atomic mass is 10.2. The molecular weight excluding hydrogens is 377 g/mol. The van der Waals surface area contributed by atoms with Crippen LogP contribution in [0, 0.1) is 0 Å². The number of piperazine rings is 1. The molecule has 0 unspecified atom stereocenters. The number of anilines is 1. The van der Waals surface area contributed by atoms with Crippen molar-refractivity contribution in [1.82, 2.24) is 30.4 Å². The summed E-state index contributed by atoms with van der Waals surface area (Å²) in [6.45, 7) is 3.90. The molecule has 11 heteroatoms. The number of carbonyl (C=O) groups excluding carboxylic acids is 1. The van der Waals surface area contributed by atoms with E-state index in [2.05, 4.69) is 31.1 Å². The summed E-state index contributed by atoms with van der Waals surface area (Å²) in [5.41, 5.74) is 1.28. The molecule has 1 fully saturated rings. The average molecular weight is 395 g/mol. The molecule has 1 aliphatic rings. The number of halogens is 3. The van der Waals surface area contributed by atoms with Crippen molar-refractivity contribution >= 4 is 48.0 Å². The zero-order valence-corrected chi connectivity index (χ0v) is 15.1. The zero-order chi connectivity index (χ0) is 15.4. The van der Waals surface area contributed by atoms with Crippen LogP contribution in [0.3, 0.4) is 0 Å². The van der Waals surface area contributed by atoms with Crippen molar-refractivity contribution in [3.63, 3.8) is 0 Å². The summed E-state index contributed by atoms with van der Waals surface area (Å²) >= 11 is 6.15. The number of carbonyl (C=O) groups is 1. The van der Waals surface area contributed by atoms with E-state index >= 15 is 0 Å². The van der Waals surface area contributed by atoms with E-state index in [0.29, 0.717) is 17.3 Å². The van der Waals surface area contributed by atoms with E-state index in [1.807, 2.05) is 0 Å². The Hall–Kier alpha value is -1.45. The van der Waals surface area contributed by atoms with Crippen LogP contribution in [-0.4, -0.2) is 63.7 Å². The number of amides is 1. The Kier molecular flexibility index (Phi) is 8.37. The fourth-order valence-electron chi connectivity index (χ4n) is 2.29. The molecule has 0 bridgehead atoms. The van der Waals surface area contributed by atoms with Crippen molar-refractivity contribution in [1.29, 1.82) is 0 Å². The smallest absolute Gasteiger partial charge is 0.238 e. The second-order valence-corrected chi connectivity index (χ2v) is 5.40. The van der Waals surface area contributed by atoms with Gasteiger partial charge < -0.3 is 10.6 Å². The number of aromatic nitrogens is 4. The number of nitrogens with zero attached hydrogens (tertiary/aromatic N) is 5. The molecule has 1 aromatic carbocycles. The van der Waals surface area contributed by atoms with Crippen molar-refractivity contribution in [3.8, 4) is 5.69 Å². The second kappa shape index (κ2) is 9.75. The molecule has 0 saturated carbocycles. The third-order valence-corrected chi connectivity index (χ3v) is 3.74. The van der Waals surface area contributed by atoms with Crippen LogP contribution < -0.4 is 10.6 Å². The minimum Gasteiger partial charge on any atom is -0.324 e. The Morgan fingerprint density at radius 1 is 1.29 bits per heavy atom. The molecule has 0 spiro atoms. The standard InChI is InChI=1S/C13H16ClN7O.2ClH/c14-11-2-1-10(21-9-16-18-19-21)7-12(11)17-13(22)8-20-5-3-15-4-6-20;;/h1-2,7,9,15H,3-6,8H2,(H,17,22);2*1H. The molecule has 8 nitrogen and oxygen atoms in total. The van der Waals surface area contributed by atoms with Crippen LogP contribution in [0.2, 0.25) is 5.02 Å². The number of nitrogens with one attached hydrogen (secondary N) is 2. The molecule has 0 aliphatic carbocycles. The van der Waals surface area contributed by atoms with Crippen molar-refractivity contribution < 1.29 is 4.79 Å². The third kappa shape index (κ3) is 5.29. The molecule has 1 saturated heterocycles. The first-order valence-electron chi connectivity index (χ1n) is 6.98. The second-order valence-electron chi connectivity index (χ2n) is 4.99. The maximum Gasteiger partial charge on any atom is 0.238 e. The van der Waals surface area contributed by atoms with E-state index in [9.17, 15) is 4.79 Å². The van der Waals surface area contributed by atoms with E-state index in [-0.39, 0.29) is 30.7 Å². The summed E-state index contributed by atoms with van der Waals surface area (Å²) in [5.74, 6) is -0.0855. The number of rotatable bonds is 4. The molecule has 1 aliphatic heterocycles. The molecule has 1 amide bonds. The Labute approximate surface area is 156 Å². The Morgan fingerprint density at radius 2 is 2.04 bits per heavy atom. The van der Waals surface area contributed by atoms with Gasteiger partial charge in [0.1, 0.15) is 6.33 Å². The minimum atomic E-state index is -0.0855. The summed E-state index contributed by atoms with van der Waals surface area (Å²) < 4.78 is 1.50. The highest BCUT2D eigenvalue weighted by Crippen LogP contribution is 2.24. The predicted octanol–water partition coefficient (Wildman–Crippen LogP) is 1.00. The molecule has 24 heavy (non-hydrogen) atoms. The first kappa shape index (κ1) is 20.6. The van der Waals surface area contributed by atoms with Gasteiger partial charge in [-0.1, -0.05) is 11.6 Å². The highest BCUT2D eigenvalue weighted by Gasteiger charge is 2.14. The highest BCUT2D eigenvalue weighted by atomic mass is 35.5. The zero-order valence-electron chi connectivity index (χ0n) is 12.7. The van der Waals surface area contributed by atoms with Crippen molar-refractivity contribution in [3.05, 3.63) is 29.5 Å². The van der Waals surface area contributed by atoms with Crippen LogP contribution in [0.5, 0.6) is 0 Å². The Balaban J connectivity index is 0.00000144. The lowest BCUT2D eigenvalue weighted by Crippen LogP contribution is -2.46. The van der Waals surface area contributed by atoms with Crippen LogP contribution in [0.15, 0.2) is 24.5 Å². The predicted molar refractivity (Wildman–Crippen MR) is 96.6 cm³/mol. The van der Waals surface area contributed by atoms with Crippen molar-refractivity contribution in [2.24, 2.45) is 0 Å². The van der Waals surface area contributed by atoms with Crippen LogP contribution in [0.25, 0.3) is 5.69 Å². The minimum absolute atomic E-state index is 0. The molecule has 0 radical (unpaired) electrons. The summed E-state index contributed by atoms with van der Waals surface area (Å²) in [7, 11) is 0. The van der Waals surface area contributed by atoms with Crippen molar-refractivity contribution in [2.75, 3.05) is 38.0 Å². The molecule has 0 atom stereocenters. The van der Waals surface area contributed by atoms with Crippen LogP contribution in [-0.2, 0) is 4.79 Å². The quantitative estimate of drug-likeness (QED) is 0.804. The maximum atomic E-state index is 12.2. The highest BCUT2D eigenvalue weighted by molar-refractivity contribution is 6.33. The van der Waals surface area contributed by atoms with Gasteiger partial charge in [-0.2, -0.15) is 0 Å². The normalized spacial score (nSPS) is 14.4. The number of tetrazole rings is 1. The summed E-state index contributed by atoms with van der Waals surface area (Å²) in [6, 6.07) is 5.23. The van der Waals surface area contributed by atoms with E-state index in [1.54, 1.807) is 18.2 Å². The number of hydrogen-bond acceptors (Lipinski definition) is 6. The van der Waals surface area contributed by atoms with Crippen LogP contribution in [0.1, 0.15) is 0 Å². The van der Waals surface area contributed by atoms with Crippen LogP contribution in [0.4, 0.5) is 5.69 Å². The van der Waals surface area contributed by atoms with Gasteiger partial charge in [-0.15, -0.1) is 29.9 Å². The fourth-order valence-corrected chi connectivity index (χ4v) is 2.46. The van der Waals surface area contributed by atoms with Crippen molar-refractivity contribution in [2.45, 2.75) is 0 Å². The Morgan fingerprint density at radius 3 is 2.71 bits per heavy atom. The van der Waals surface area contributed by atoms with E-state index in [0.717, 1.165) is 31.9 Å². The molecular formula is C13H18Cl3N7O. The SMILES string of the molecule is Cl.Cl.O=C(CN1CCNCC1)Nc1cc(-n2cnnn2)ccc1Cl. The van der Waals surface area contributed by atoms with Gasteiger partial charge in [0.15, 0.2) is 0 Å². The van der Waals surface area contributed by atoms with E-state index < -0.39 is 0 Å².